The van der Waals surface area contributed by atoms with E-state index in [9.17, 15) is 14.4 Å². The molecule has 1 N–H and O–H groups in total. The lowest BCUT2D eigenvalue weighted by atomic mass is 10.2. The Bertz CT molecular complexity index is 874. The number of likely N-dealkylation sites (N-methyl/N-ethyl adjacent to an activating group) is 1. The van der Waals surface area contributed by atoms with Gasteiger partial charge in [-0.1, -0.05) is 13.8 Å². The summed E-state index contributed by atoms with van der Waals surface area (Å²) >= 11 is 1.27. The fourth-order valence-electron chi connectivity index (χ4n) is 3.44. The number of carbonyl (C=O) groups excluding carboxylic acids is 3. The maximum atomic E-state index is 12.5. The molecule has 1 saturated heterocycles. The van der Waals surface area contributed by atoms with Crippen LogP contribution in [0.15, 0.2) is 28.2 Å². The fourth-order valence-corrected chi connectivity index (χ4v) is 4.16. The summed E-state index contributed by atoms with van der Waals surface area (Å²) in [6, 6.07) is 3.22. The summed E-state index contributed by atoms with van der Waals surface area (Å²) in [5.41, 5.74) is 0.639. The van der Waals surface area contributed by atoms with Crippen LogP contribution in [0.3, 0.4) is 0 Å². The lowest BCUT2D eigenvalue weighted by molar-refractivity contribution is -0.132. The molecule has 0 radical (unpaired) electrons. The molecule has 0 atom stereocenters. The van der Waals surface area contributed by atoms with Crippen LogP contribution < -0.4 is 5.32 Å². The minimum atomic E-state index is -0.337. The van der Waals surface area contributed by atoms with E-state index in [2.05, 4.69) is 22.1 Å². The number of carbonyl (C=O) groups is 3. The minimum absolute atomic E-state index is 0.0529. The standard InChI is InChI=1S/C21H29N5O4S/c1-3-7-26(20(29)17-6-5-12-30-17)14-18(27)23-21-22-16(15-31-21)13-19(28)25-10-8-24(4-2)9-11-25/h5-6,12,15H,3-4,7-11,13-14H2,1-2H3,(H,22,23,27). The summed E-state index contributed by atoms with van der Waals surface area (Å²) in [5, 5.41) is 4.94. The summed E-state index contributed by atoms with van der Waals surface area (Å²) in [4.78, 5) is 47.5. The van der Waals surface area contributed by atoms with Gasteiger partial charge in [0, 0.05) is 38.1 Å². The Balaban J connectivity index is 1.50. The van der Waals surface area contributed by atoms with Gasteiger partial charge in [0.2, 0.25) is 11.8 Å². The van der Waals surface area contributed by atoms with Crippen LogP contribution in [0.1, 0.15) is 36.5 Å². The van der Waals surface area contributed by atoms with Gasteiger partial charge in [-0.3, -0.25) is 14.4 Å². The van der Waals surface area contributed by atoms with Crippen LogP contribution in [-0.4, -0.2) is 83.2 Å². The highest BCUT2D eigenvalue weighted by atomic mass is 32.1. The van der Waals surface area contributed by atoms with Crippen LogP contribution in [0.25, 0.3) is 0 Å². The molecular formula is C21H29N5O4S. The number of hydrogen-bond acceptors (Lipinski definition) is 7. The number of furan rings is 1. The topological polar surface area (TPSA) is 99.0 Å². The Kier molecular flexibility index (Phi) is 8.19. The monoisotopic (exact) mass is 447 g/mol. The van der Waals surface area contributed by atoms with Crippen molar-refractivity contribution in [2.75, 3.05) is 51.1 Å². The number of amides is 3. The van der Waals surface area contributed by atoms with Crippen molar-refractivity contribution in [2.24, 2.45) is 0 Å². The van der Waals surface area contributed by atoms with Gasteiger partial charge in [0.15, 0.2) is 10.9 Å². The Morgan fingerprint density at radius 1 is 1.23 bits per heavy atom. The van der Waals surface area contributed by atoms with E-state index < -0.39 is 0 Å². The lowest BCUT2D eigenvalue weighted by Gasteiger charge is -2.34. The van der Waals surface area contributed by atoms with Gasteiger partial charge in [0.1, 0.15) is 6.54 Å². The molecule has 0 saturated carbocycles. The van der Waals surface area contributed by atoms with E-state index >= 15 is 0 Å². The van der Waals surface area contributed by atoms with E-state index in [1.807, 2.05) is 11.8 Å². The molecule has 0 aromatic carbocycles. The van der Waals surface area contributed by atoms with Crippen LogP contribution in [0, 0.1) is 0 Å². The first-order valence-electron chi connectivity index (χ1n) is 10.6. The van der Waals surface area contributed by atoms with Gasteiger partial charge < -0.3 is 24.4 Å². The van der Waals surface area contributed by atoms with Gasteiger partial charge >= 0.3 is 0 Å². The van der Waals surface area contributed by atoms with Crippen LogP contribution in [0.2, 0.25) is 0 Å². The number of nitrogens with one attached hydrogen (secondary N) is 1. The molecule has 1 aliphatic rings. The molecule has 0 spiro atoms. The van der Waals surface area contributed by atoms with E-state index in [1.165, 1.54) is 22.5 Å². The number of nitrogens with zero attached hydrogens (tertiary/aromatic N) is 4. The molecule has 168 valence electrons. The summed E-state index contributed by atoms with van der Waals surface area (Å²) in [6.45, 7) is 8.66. The fraction of sp³-hybridized carbons (Fsp3) is 0.524. The van der Waals surface area contributed by atoms with Crippen molar-refractivity contribution < 1.29 is 18.8 Å². The SMILES string of the molecule is CCCN(CC(=O)Nc1nc(CC(=O)N2CCN(CC)CC2)cs1)C(=O)c1ccco1. The number of rotatable bonds is 9. The second-order valence-electron chi connectivity index (χ2n) is 7.39. The highest BCUT2D eigenvalue weighted by Gasteiger charge is 2.22. The molecule has 3 rings (SSSR count). The molecule has 10 heteroatoms. The lowest BCUT2D eigenvalue weighted by Crippen LogP contribution is -2.48. The van der Waals surface area contributed by atoms with Crippen molar-refractivity contribution in [2.45, 2.75) is 26.7 Å². The average Bonchev–Trinajstić information content (AvgIpc) is 3.45. The normalized spacial score (nSPS) is 14.5. The van der Waals surface area contributed by atoms with E-state index in [0.29, 0.717) is 17.4 Å². The van der Waals surface area contributed by atoms with Crippen molar-refractivity contribution >= 4 is 34.2 Å². The molecule has 3 heterocycles. The van der Waals surface area contributed by atoms with Crippen LogP contribution in [0.5, 0.6) is 0 Å². The van der Waals surface area contributed by atoms with Crippen molar-refractivity contribution in [1.29, 1.82) is 0 Å². The second kappa shape index (κ2) is 11.1. The van der Waals surface area contributed by atoms with Crippen molar-refractivity contribution in [1.82, 2.24) is 19.7 Å². The number of anilines is 1. The average molecular weight is 448 g/mol. The molecule has 0 aliphatic carbocycles. The zero-order valence-corrected chi connectivity index (χ0v) is 18.8. The Morgan fingerprint density at radius 3 is 2.65 bits per heavy atom. The summed E-state index contributed by atoms with van der Waals surface area (Å²) in [7, 11) is 0. The van der Waals surface area contributed by atoms with Gasteiger partial charge in [-0.2, -0.15) is 0 Å². The van der Waals surface area contributed by atoms with Crippen LogP contribution in [-0.2, 0) is 16.0 Å². The Hall–Kier alpha value is -2.72. The van der Waals surface area contributed by atoms with E-state index in [1.54, 1.807) is 17.5 Å². The van der Waals surface area contributed by atoms with Gasteiger partial charge in [0.25, 0.3) is 5.91 Å². The summed E-state index contributed by atoms with van der Waals surface area (Å²) < 4.78 is 5.15. The molecule has 9 nitrogen and oxygen atoms in total. The summed E-state index contributed by atoms with van der Waals surface area (Å²) in [6.07, 6.45) is 2.37. The molecule has 2 aromatic rings. The maximum Gasteiger partial charge on any atom is 0.290 e. The Morgan fingerprint density at radius 2 is 2.00 bits per heavy atom. The predicted octanol–water partition coefficient (Wildman–Crippen LogP) is 1.93. The van der Waals surface area contributed by atoms with Gasteiger partial charge in [-0.25, -0.2) is 4.98 Å². The molecule has 3 amide bonds. The molecule has 2 aromatic heterocycles. The third kappa shape index (κ3) is 6.38. The number of hydrogen-bond donors (Lipinski definition) is 1. The van der Waals surface area contributed by atoms with Gasteiger partial charge in [-0.15, -0.1) is 11.3 Å². The third-order valence-electron chi connectivity index (χ3n) is 5.15. The van der Waals surface area contributed by atoms with Crippen molar-refractivity contribution in [3.63, 3.8) is 0 Å². The van der Waals surface area contributed by atoms with E-state index in [0.717, 1.165) is 39.1 Å². The van der Waals surface area contributed by atoms with Crippen LogP contribution in [0.4, 0.5) is 5.13 Å². The molecule has 0 bridgehead atoms. The first kappa shape index (κ1) is 23.0. The van der Waals surface area contributed by atoms with Crippen LogP contribution >= 0.6 is 11.3 Å². The predicted molar refractivity (Wildman–Crippen MR) is 118 cm³/mol. The van der Waals surface area contributed by atoms with E-state index in [-0.39, 0.29) is 36.4 Å². The molecular weight excluding hydrogens is 418 g/mol. The number of aromatic nitrogens is 1. The molecule has 1 aliphatic heterocycles. The molecule has 1 fully saturated rings. The second-order valence-corrected chi connectivity index (χ2v) is 8.25. The number of piperazine rings is 1. The van der Waals surface area contributed by atoms with Crippen molar-refractivity contribution in [3.8, 4) is 0 Å². The maximum absolute atomic E-state index is 12.5. The molecule has 0 unspecified atom stereocenters. The van der Waals surface area contributed by atoms with Gasteiger partial charge in [0.05, 0.1) is 18.4 Å². The zero-order valence-electron chi connectivity index (χ0n) is 18.0. The highest BCUT2D eigenvalue weighted by molar-refractivity contribution is 7.13. The highest BCUT2D eigenvalue weighted by Crippen LogP contribution is 2.17. The van der Waals surface area contributed by atoms with Gasteiger partial charge in [-0.05, 0) is 25.1 Å². The number of thiazole rings is 1. The first-order valence-corrected chi connectivity index (χ1v) is 11.4. The zero-order chi connectivity index (χ0) is 22.2. The van der Waals surface area contributed by atoms with E-state index in [4.69, 9.17) is 4.42 Å². The molecule has 31 heavy (non-hydrogen) atoms. The Labute approximate surface area is 186 Å². The first-order chi connectivity index (χ1) is 15.0. The smallest absolute Gasteiger partial charge is 0.290 e. The minimum Gasteiger partial charge on any atom is -0.459 e. The van der Waals surface area contributed by atoms with Crippen molar-refractivity contribution in [3.05, 3.63) is 35.2 Å². The quantitative estimate of drug-likeness (QED) is 0.631. The largest absolute Gasteiger partial charge is 0.459 e. The summed E-state index contributed by atoms with van der Waals surface area (Å²) in [5.74, 6) is -0.403. The third-order valence-corrected chi connectivity index (χ3v) is 5.96.